The first-order valence-corrected chi connectivity index (χ1v) is 8.33. The topological polar surface area (TPSA) is 29.3 Å². The molecule has 1 aliphatic carbocycles. The summed E-state index contributed by atoms with van der Waals surface area (Å²) in [5, 5.41) is 0. The van der Waals surface area contributed by atoms with E-state index in [-0.39, 0.29) is 0 Å². The summed E-state index contributed by atoms with van der Waals surface area (Å²) in [5.74, 6) is 0. The highest BCUT2D eigenvalue weighted by Gasteiger charge is 2.46. The van der Waals surface area contributed by atoms with Crippen LogP contribution in [0.25, 0.3) is 0 Å². The second-order valence-electron chi connectivity index (χ2n) is 6.81. The fourth-order valence-corrected chi connectivity index (χ4v) is 3.84. The Kier molecular flexibility index (Phi) is 4.02. The van der Waals surface area contributed by atoms with Gasteiger partial charge < -0.3 is 5.73 Å². The number of nitrogen functional groups attached to an aromatic ring is 1. The molecule has 1 saturated carbocycles. The average molecular weight is 272 g/mol. The van der Waals surface area contributed by atoms with Gasteiger partial charge in [0.1, 0.15) is 0 Å². The van der Waals surface area contributed by atoms with E-state index in [1.54, 1.807) is 0 Å². The van der Waals surface area contributed by atoms with Crippen LogP contribution in [0.3, 0.4) is 0 Å². The summed E-state index contributed by atoms with van der Waals surface area (Å²) in [4.78, 5) is 2.79. The molecule has 2 aliphatic rings. The van der Waals surface area contributed by atoms with E-state index in [0.29, 0.717) is 5.41 Å². The second kappa shape index (κ2) is 5.77. The zero-order valence-corrected chi connectivity index (χ0v) is 12.8. The first-order valence-electron chi connectivity index (χ1n) is 8.33. The molecule has 1 aromatic rings. The van der Waals surface area contributed by atoms with Crippen molar-refractivity contribution in [1.82, 2.24) is 4.90 Å². The van der Waals surface area contributed by atoms with Crippen molar-refractivity contribution in [2.45, 2.75) is 63.3 Å². The number of hydrogen-bond donors (Lipinski definition) is 1. The third-order valence-corrected chi connectivity index (χ3v) is 5.25. The lowest BCUT2D eigenvalue weighted by molar-refractivity contribution is 0.126. The summed E-state index contributed by atoms with van der Waals surface area (Å²) < 4.78 is 0. The summed E-state index contributed by atoms with van der Waals surface area (Å²) in [6.07, 6.45) is 9.62. The molecule has 0 aromatic heterocycles. The van der Waals surface area contributed by atoms with Gasteiger partial charge in [-0.15, -0.1) is 0 Å². The molecule has 1 aliphatic heterocycles. The maximum absolute atomic E-state index is 5.83. The molecule has 1 atom stereocenters. The van der Waals surface area contributed by atoms with Crippen molar-refractivity contribution in [3.8, 4) is 0 Å². The molecule has 2 heteroatoms. The smallest absolute Gasteiger partial charge is 0.0314 e. The maximum atomic E-state index is 5.83. The van der Waals surface area contributed by atoms with Gasteiger partial charge in [-0.25, -0.2) is 0 Å². The molecule has 0 radical (unpaired) electrons. The van der Waals surface area contributed by atoms with Crippen molar-refractivity contribution in [2.75, 3.05) is 18.8 Å². The van der Waals surface area contributed by atoms with Gasteiger partial charge in [-0.05, 0) is 56.3 Å². The van der Waals surface area contributed by atoms with Gasteiger partial charge >= 0.3 is 0 Å². The second-order valence-corrected chi connectivity index (χ2v) is 6.81. The average Bonchev–Trinajstić information content (AvgIpc) is 3.23. The van der Waals surface area contributed by atoms with E-state index in [2.05, 4.69) is 36.1 Å². The molecule has 1 unspecified atom stereocenters. The number of nitrogens with two attached hydrogens (primary N) is 1. The molecule has 1 heterocycles. The Morgan fingerprint density at radius 2 is 1.95 bits per heavy atom. The van der Waals surface area contributed by atoms with Crippen LogP contribution >= 0.6 is 0 Å². The van der Waals surface area contributed by atoms with Crippen LogP contribution in [0, 0.1) is 0 Å². The number of anilines is 1. The SMILES string of the molecule is CCCC1CCCCN1CC1(c2ccc(N)cc2)CC1. The Morgan fingerprint density at radius 3 is 2.60 bits per heavy atom. The largest absolute Gasteiger partial charge is 0.399 e. The molecule has 2 fully saturated rings. The van der Waals surface area contributed by atoms with Crippen molar-refractivity contribution in [3.63, 3.8) is 0 Å². The summed E-state index contributed by atoms with van der Waals surface area (Å²) in [5.41, 5.74) is 8.66. The molecule has 3 rings (SSSR count). The van der Waals surface area contributed by atoms with Crippen LogP contribution in [0.1, 0.15) is 57.4 Å². The number of piperidine rings is 1. The van der Waals surface area contributed by atoms with Gasteiger partial charge in [0.25, 0.3) is 0 Å². The molecule has 110 valence electrons. The van der Waals surface area contributed by atoms with Gasteiger partial charge in [0.2, 0.25) is 0 Å². The maximum Gasteiger partial charge on any atom is 0.0314 e. The van der Waals surface area contributed by atoms with Gasteiger partial charge in [0.15, 0.2) is 0 Å². The van der Waals surface area contributed by atoms with E-state index < -0.39 is 0 Å². The first kappa shape index (κ1) is 13.9. The van der Waals surface area contributed by atoms with Crippen LogP contribution in [-0.4, -0.2) is 24.0 Å². The Hall–Kier alpha value is -1.02. The monoisotopic (exact) mass is 272 g/mol. The van der Waals surface area contributed by atoms with E-state index in [9.17, 15) is 0 Å². The minimum absolute atomic E-state index is 0.441. The lowest BCUT2D eigenvalue weighted by Crippen LogP contribution is -2.43. The Labute approximate surface area is 123 Å². The minimum Gasteiger partial charge on any atom is -0.399 e. The highest BCUT2D eigenvalue weighted by atomic mass is 15.2. The minimum atomic E-state index is 0.441. The Morgan fingerprint density at radius 1 is 1.20 bits per heavy atom. The normalized spacial score (nSPS) is 25.6. The van der Waals surface area contributed by atoms with Crippen LogP contribution in [-0.2, 0) is 5.41 Å². The van der Waals surface area contributed by atoms with E-state index in [4.69, 9.17) is 5.73 Å². The van der Waals surface area contributed by atoms with E-state index in [1.165, 1.54) is 63.6 Å². The number of hydrogen-bond acceptors (Lipinski definition) is 2. The van der Waals surface area contributed by atoms with Gasteiger partial charge in [-0.2, -0.15) is 0 Å². The summed E-state index contributed by atoms with van der Waals surface area (Å²) in [7, 11) is 0. The third kappa shape index (κ3) is 2.85. The highest BCUT2D eigenvalue weighted by molar-refractivity contribution is 5.43. The standard InChI is InChI=1S/C18H28N2/c1-2-5-17-6-3-4-13-20(17)14-18(11-12-18)15-7-9-16(19)10-8-15/h7-10,17H,2-6,11-14,19H2,1H3. The van der Waals surface area contributed by atoms with Gasteiger partial charge in [0, 0.05) is 23.7 Å². The number of likely N-dealkylation sites (tertiary alicyclic amines) is 1. The van der Waals surface area contributed by atoms with Crippen molar-refractivity contribution < 1.29 is 0 Å². The molecule has 2 N–H and O–H groups in total. The van der Waals surface area contributed by atoms with Crippen molar-refractivity contribution >= 4 is 5.69 Å². The quantitative estimate of drug-likeness (QED) is 0.822. The fourth-order valence-electron chi connectivity index (χ4n) is 3.84. The molecule has 0 amide bonds. The van der Waals surface area contributed by atoms with Crippen LogP contribution in [0.2, 0.25) is 0 Å². The summed E-state index contributed by atoms with van der Waals surface area (Å²) in [6, 6.07) is 9.46. The molecule has 1 saturated heterocycles. The van der Waals surface area contributed by atoms with Gasteiger partial charge in [-0.1, -0.05) is 31.9 Å². The summed E-state index contributed by atoms with van der Waals surface area (Å²) in [6.45, 7) is 4.89. The molecular formula is C18H28N2. The van der Waals surface area contributed by atoms with Crippen LogP contribution in [0.4, 0.5) is 5.69 Å². The molecule has 0 bridgehead atoms. The zero-order chi connectivity index (χ0) is 14.0. The van der Waals surface area contributed by atoms with E-state index >= 15 is 0 Å². The number of rotatable bonds is 5. The lowest BCUT2D eigenvalue weighted by Gasteiger charge is -2.38. The molecule has 0 spiro atoms. The van der Waals surface area contributed by atoms with E-state index in [1.807, 2.05) is 0 Å². The molecule has 1 aromatic carbocycles. The van der Waals surface area contributed by atoms with Crippen LogP contribution in [0.5, 0.6) is 0 Å². The number of benzene rings is 1. The Balaban J connectivity index is 1.70. The molecule has 2 nitrogen and oxygen atoms in total. The van der Waals surface area contributed by atoms with Crippen molar-refractivity contribution in [3.05, 3.63) is 29.8 Å². The van der Waals surface area contributed by atoms with Gasteiger partial charge in [0.05, 0.1) is 0 Å². The van der Waals surface area contributed by atoms with Gasteiger partial charge in [-0.3, -0.25) is 4.90 Å². The van der Waals surface area contributed by atoms with Crippen molar-refractivity contribution in [1.29, 1.82) is 0 Å². The van der Waals surface area contributed by atoms with Crippen LogP contribution in [0.15, 0.2) is 24.3 Å². The van der Waals surface area contributed by atoms with Crippen LogP contribution < -0.4 is 5.73 Å². The lowest BCUT2D eigenvalue weighted by atomic mass is 9.91. The summed E-state index contributed by atoms with van der Waals surface area (Å²) >= 11 is 0. The fraction of sp³-hybridized carbons (Fsp3) is 0.667. The van der Waals surface area contributed by atoms with Crippen molar-refractivity contribution in [2.24, 2.45) is 0 Å². The molecular weight excluding hydrogens is 244 g/mol. The first-order chi connectivity index (χ1) is 9.73. The highest BCUT2D eigenvalue weighted by Crippen LogP contribution is 2.49. The number of nitrogens with zero attached hydrogens (tertiary/aromatic N) is 1. The third-order valence-electron chi connectivity index (χ3n) is 5.25. The predicted molar refractivity (Wildman–Crippen MR) is 85.9 cm³/mol. The zero-order valence-electron chi connectivity index (χ0n) is 12.8. The predicted octanol–water partition coefficient (Wildman–Crippen LogP) is 3.96. The molecule has 20 heavy (non-hydrogen) atoms. The van der Waals surface area contributed by atoms with E-state index in [0.717, 1.165) is 11.7 Å². The Bertz CT molecular complexity index is 431.